The number of benzene rings is 3. The van der Waals surface area contributed by atoms with Crippen molar-refractivity contribution in [2.45, 2.75) is 32.4 Å². The summed E-state index contributed by atoms with van der Waals surface area (Å²) < 4.78 is 18.9. The smallest absolute Gasteiger partial charge is 0.247 e. The summed E-state index contributed by atoms with van der Waals surface area (Å²) >= 11 is 6.00. The molecule has 0 aliphatic heterocycles. The Kier molecular flexibility index (Phi) is 10.3. The van der Waals surface area contributed by atoms with E-state index in [1.807, 2.05) is 37.3 Å². The van der Waals surface area contributed by atoms with Crippen LogP contribution in [-0.2, 0) is 27.3 Å². The fraction of sp³-hybridized carbons (Fsp3) is 0.286. The Morgan fingerprint density at radius 1 is 0.971 bits per heavy atom. The number of ether oxygens (including phenoxy) is 1. The summed E-state index contributed by atoms with van der Waals surface area (Å²) in [5.74, 6) is -0.867. The Balaban J connectivity index is 1.90. The van der Waals surface area contributed by atoms with E-state index in [9.17, 15) is 14.0 Å². The first kappa shape index (κ1) is 26.4. The number of nitrogens with one attached hydrogen (secondary N) is 1. The third-order valence-corrected chi connectivity index (χ3v) is 5.75. The molecule has 0 radical (unpaired) electrons. The predicted molar refractivity (Wildman–Crippen MR) is 135 cm³/mol. The summed E-state index contributed by atoms with van der Waals surface area (Å²) in [5.41, 5.74) is 2.20. The van der Waals surface area contributed by atoms with Gasteiger partial charge in [-0.25, -0.2) is 4.39 Å². The van der Waals surface area contributed by atoms with Gasteiger partial charge in [-0.1, -0.05) is 66.2 Å². The lowest BCUT2D eigenvalue weighted by Crippen LogP contribution is -2.44. The zero-order chi connectivity index (χ0) is 25.0. The maximum Gasteiger partial charge on any atom is 0.247 e. The summed E-state index contributed by atoms with van der Waals surface area (Å²) in [7, 11) is 0. The molecule has 3 rings (SSSR count). The highest BCUT2D eigenvalue weighted by molar-refractivity contribution is 6.30. The van der Waals surface area contributed by atoms with E-state index in [4.69, 9.17) is 16.3 Å². The molecule has 0 aliphatic rings. The minimum atomic E-state index is -0.854. The van der Waals surface area contributed by atoms with Gasteiger partial charge in [0.1, 0.15) is 11.9 Å². The third-order valence-electron chi connectivity index (χ3n) is 5.50. The average molecular weight is 497 g/mol. The van der Waals surface area contributed by atoms with Crippen molar-refractivity contribution in [2.24, 2.45) is 0 Å². The minimum Gasteiger partial charge on any atom is -0.382 e. The fourth-order valence-electron chi connectivity index (χ4n) is 3.72. The molecule has 3 aromatic rings. The van der Waals surface area contributed by atoms with Crippen molar-refractivity contribution < 1.29 is 18.7 Å². The SMILES string of the molecule is CCOCCCNC(=O)[C@H](c1ccccc1)N(Cc1ccc(F)cc1)C(=O)Cc1ccc(Cl)cc1. The van der Waals surface area contributed by atoms with Crippen LogP contribution in [0.15, 0.2) is 78.9 Å². The van der Waals surface area contributed by atoms with Crippen molar-refractivity contribution in [3.8, 4) is 0 Å². The van der Waals surface area contributed by atoms with Crippen LogP contribution in [0.2, 0.25) is 5.02 Å². The van der Waals surface area contributed by atoms with Crippen LogP contribution in [0.5, 0.6) is 0 Å². The molecule has 1 N–H and O–H groups in total. The average Bonchev–Trinajstić information content (AvgIpc) is 2.87. The topological polar surface area (TPSA) is 58.6 Å². The molecule has 0 saturated carbocycles. The Morgan fingerprint density at radius 3 is 2.29 bits per heavy atom. The molecule has 5 nitrogen and oxygen atoms in total. The van der Waals surface area contributed by atoms with Crippen molar-refractivity contribution in [2.75, 3.05) is 19.8 Å². The second-order valence-electron chi connectivity index (χ2n) is 8.11. The van der Waals surface area contributed by atoms with Gasteiger partial charge in [0.2, 0.25) is 11.8 Å². The van der Waals surface area contributed by atoms with E-state index in [0.29, 0.717) is 36.8 Å². The van der Waals surface area contributed by atoms with Gasteiger partial charge in [0.15, 0.2) is 0 Å². The highest BCUT2D eigenvalue weighted by Gasteiger charge is 2.31. The lowest BCUT2D eigenvalue weighted by Gasteiger charge is -2.32. The van der Waals surface area contributed by atoms with Crippen LogP contribution in [0.4, 0.5) is 4.39 Å². The van der Waals surface area contributed by atoms with Crippen LogP contribution in [0, 0.1) is 5.82 Å². The zero-order valence-corrected chi connectivity index (χ0v) is 20.5. The van der Waals surface area contributed by atoms with Crippen LogP contribution >= 0.6 is 11.6 Å². The molecule has 2 amide bonds. The second kappa shape index (κ2) is 13.6. The molecular formula is C28H30ClFN2O3. The van der Waals surface area contributed by atoms with E-state index in [2.05, 4.69) is 5.32 Å². The van der Waals surface area contributed by atoms with Gasteiger partial charge in [0.05, 0.1) is 6.42 Å². The van der Waals surface area contributed by atoms with Crippen molar-refractivity contribution in [3.63, 3.8) is 0 Å². The van der Waals surface area contributed by atoms with Crippen LogP contribution in [0.1, 0.15) is 36.1 Å². The number of rotatable bonds is 12. The maximum absolute atomic E-state index is 13.6. The van der Waals surface area contributed by atoms with Gasteiger partial charge in [-0.2, -0.15) is 0 Å². The fourth-order valence-corrected chi connectivity index (χ4v) is 3.85. The molecule has 7 heteroatoms. The first-order chi connectivity index (χ1) is 17.0. The normalized spacial score (nSPS) is 11.6. The first-order valence-electron chi connectivity index (χ1n) is 11.7. The zero-order valence-electron chi connectivity index (χ0n) is 19.8. The monoisotopic (exact) mass is 496 g/mol. The van der Waals surface area contributed by atoms with E-state index >= 15 is 0 Å². The Labute approximate surface area is 210 Å². The predicted octanol–water partition coefficient (Wildman–Crippen LogP) is 5.33. The summed E-state index contributed by atoms with van der Waals surface area (Å²) in [6, 6.07) is 21.3. The largest absolute Gasteiger partial charge is 0.382 e. The number of carbonyl (C=O) groups is 2. The lowest BCUT2D eigenvalue weighted by atomic mass is 10.0. The standard InChI is InChI=1S/C28H30ClFN2O3/c1-2-35-18-6-17-31-28(34)27(23-7-4-3-5-8-23)32(20-22-11-15-25(30)16-12-22)26(33)19-21-9-13-24(29)14-10-21/h3-5,7-16,27H,2,6,17-20H2,1H3,(H,31,34)/t27-/m0/s1. The molecule has 1 atom stereocenters. The molecular weight excluding hydrogens is 467 g/mol. The van der Waals surface area contributed by atoms with Gasteiger partial charge in [-0.3, -0.25) is 9.59 Å². The number of hydrogen-bond acceptors (Lipinski definition) is 3. The van der Waals surface area contributed by atoms with Crippen LogP contribution in [-0.4, -0.2) is 36.5 Å². The molecule has 0 unspecified atom stereocenters. The number of nitrogens with zero attached hydrogens (tertiary/aromatic N) is 1. The Hall–Kier alpha value is -3.22. The molecule has 3 aromatic carbocycles. The molecule has 0 heterocycles. The summed E-state index contributed by atoms with van der Waals surface area (Å²) in [5, 5.41) is 3.53. The van der Waals surface area contributed by atoms with Crippen molar-refractivity contribution in [1.29, 1.82) is 0 Å². The van der Waals surface area contributed by atoms with E-state index < -0.39 is 6.04 Å². The van der Waals surface area contributed by atoms with Crippen molar-refractivity contribution >= 4 is 23.4 Å². The minimum absolute atomic E-state index is 0.0965. The Bertz CT molecular complexity index is 1080. The van der Waals surface area contributed by atoms with E-state index in [1.165, 1.54) is 12.1 Å². The molecule has 0 saturated heterocycles. The molecule has 35 heavy (non-hydrogen) atoms. The Morgan fingerprint density at radius 2 is 1.63 bits per heavy atom. The van der Waals surface area contributed by atoms with Crippen molar-refractivity contribution in [3.05, 3.63) is 106 Å². The van der Waals surface area contributed by atoms with E-state index in [0.717, 1.165) is 11.1 Å². The van der Waals surface area contributed by atoms with Crippen LogP contribution in [0.25, 0.3) is 0 Å². The van der Waals surface area contributed by atoms with Gasteiger partial charge in [0.25, 0.3) is 0 Å². The van der Waals surface area contributed by atoms with Gasteiger partial charge in [0, 0.05) is 31.3 Å². The number of amides is 2. The number of halogens is 2. The third kappa shape index (κ3) is 8.19. The first-order valence-corrected chi connectivity index (χ1v) is 12.0. The van der Waals surface area contributed by atoms with Gasteiger partial charge in [-0.15, -0.1) is 0 Å². The van der Waals surface area contributed by atoms with Crippen molar-refractivity contribution in [1.82, 2.24) is 10.2 Å². The quantitative estimate of drug-likeness (QED) is 0.344. The number of hydrogen-bond donors (Lipinski definition) is 1. The van der Waals surface area contributed by atoms with E-state index in [1.54, 1.807) is 41.3 Å². The highest BCUT2D eigenvalue weighted by atomic mass is 35.5. The van der Waals surface area contributed by atoms with Crippen LogP contribution < -0.4 is 5.32 Å². The molecule has 0 aliphatic carbocycles. The van der Waals surface area contributed by atoms with E-state index in [-0.39, 0.29) is 30.6 Å². The molecule has 0 bridgehead atoms. The lowest BCUT2D eigenvalue weighted by molar-refractivity contribution is -0.141. The summed E-state index contributed by atoms with van der Waals surface area (Å²) in [6.45, 7) is 3.66. The van der Waals surface area contributed by atoms with Gasteiger partial charge < -0.3 is 15.0 Å². The summed E-state index contributed by atoms with van der Waals surface area (Å²) in [6.07, 6.45) is 0.761. The molecule has 0 fully saturated rings. The molecule has 0 aromatic heterocycles. The summed E-state index contributed by atoms with van der Waals surface area (Å²) in [4.78, 5) is 28.6. The second-order valence-corrected chi connectivity index (χ2v) is 8.54. The van der Waals surface area contributed by atoms with Crippen LogP contribution in [0.3, 0.4) is 0 Å². The number of carbonyl (C=O) groups excluding carboxylic acids is 2. The van der Waals surface area contributed by atoms with Gasteiger partial charge >= 0.3 is 0 Å². The molecule has 184 valence electrons. The molecule has 0 spiro atoms. The highest BCUT2D eigenvalue weighted by Crippen LogP contribution is 2.25. The van der Waals surface area contributed by atoms with Gasteiger partial charge in [-0.05, 0) is 54.3 Å². The maximum atomic E-state index is 13.6.